The summed E-state index contributed by atoms with van der Waals surface area (Å²) < 4.78 is 9.70. The molecule has 2 atom stereocenters. The van der Waals surface area contributed by atoms with Crippen LogP contribution in [0.5, 0.6) is 0 Å². The lowest BCUT2D eigenvalue weighted by atomic mass is 10.5. The van der Waals surface area contributed by atoms with Crippen LogP contribution >= 0.6 is 0 Å². The Kier molecular flexibility index (Phi) is 3.04. The third-order valence-corrected chi connectivity index (χ3v) is 1.78. The fourth-order valence-corrected chi connectivity index (χ4v) is 1.18. The molecule has 7 nitrogen and oxygen atoms in total. The molecule has 3 N–H and O–H groups in total. The van der Waals surface area contributed by atoms with Crippen molar-refractivity contribution in [2.75, 3.05) is 14.2 Å². The smallest absolute Gasteiger partial charge is 0.325 e. The maximum atomic E-state index is 11.1. The number of ether oxygens (including phenoxy) is 2. The second kappa shape index (κ2) is 3.88. The summed E-state index contributed by atoms with van der Waals surface area (Å²) in [6.45, 7) is 0. The number of urea groups is 1. The van der Waals surface area contributed by atoms with E-state index >= 15 is 0 Å². The average molecular weight is 192 g/mol. The molecule has 1 aliphatic rings. The second-order valence-corrected chi connectivity index (χ2v) is 2.49. The van der Waals surface area contributed by atoms with E-state index in [-0.39, 0.29) is 0 Å². The summed E-state index contributed by atoms with van der Waals surface area (Å²) in [6.07, 6.45) is -3.43. The third kappa shape index (κ3) is 1.73. The molecule has 13 heavy (non-hydrogen) atoms. The van der Waals surface area contributed by atoms with E-state index in [1.165, 1.54) is 14.2 Å². The second-order valence-electron chi connectivity index (χ2n) is 2.49. The van der Waals surface area contributed by atoms with Crippen LogP contribution in [0, 0.1) is 0 Å². The quantitative estimate of drug-likeness (QED) is 0.460. The monoisotopic (exact) mass is 192 g/mol. The van der Waals surface area contributed by atoms with Gasteiger partial charge >= 0.3 is 6.03 Å². The predicted molar refractivity (Wildman–Crippen MR) is 40.2 cm³/mol. The standard InChI is InChI=1S/C6H12N2O5/c1-12-3-4(13-2)8(6(10)11)5(9)7-3/h3-4,6,10-11H,1-2H3,(H,7,9). The Hall–Kier alpha value is -0.890. The minimum atomic E-state index is -1.90. The molecule has 0 aromatic carbocycles. The molecule has 1 fully saturated rings. The summed E-state index contributed by atoms with van der Waals surface area (Å²) in [6, 6.07) is -0.645. The van der Waals surface area contributed by atoms with Crippen LogP contribution < -0.4 is 5.32 Å². The van der Waals surface area contributed by atoms with Crippen molar-refractivity contribution in [2.45, 2.75) is 18.9 Å². The molecule has 1 heterocycles. The summed E-state index contributed by atoms with van der Waals surface area (Å²) in [5.41, 5.74) is 0. The van der Waals surface area contributed by atoms with Crippen LogP contribution in [0.25, 0.3) is 0 Å². The van der Waals surface area contributed by atoms with Gasteiger partial charge in [-0.1, -0.05) is 0 Å². The number of hydrogen-bond donors (Lipinski definition) is 3. The van der Waals surface area contributed by atoms with E-state index in [9.17, 15) is 4.79 Å². The van der Waals surface area contributed by atoms with Gasteiger partial charge in [-0.3, -0.25) is 0 Å². The number of nitrogens with one attached hydrogen (secondary N) is 1. The van der Waals surface area contributed by atoms with E-state index in [4.69, 9.17) is 19.7 Å². The fourth-order valence-electron chi connectivity index (χ4n) is 1.18. The van der Waals surface area contributed by atoms with E-state index in [1.54, 1.807) is 0 Å². The zero-order chi connectivity index (χ0) is 10.0. The van der Waals surface area contributed by atoms with Gasteiger partial charge in [0.2, 0.25) is 6.41 Å². The van der Waals surface area contributed by atoms with E-state index < -0.39 is 24.9 Å². The van der Waals surface area contributed by atoms with Crippen molar-refractivity contribution in [3.05, 3.63) is 0 Å². The number of hydrogen-bond acceptors (Lipinski definition) is 5. The first-order valence-electron chi connectivity index (χ1n) is 3.62. The lowest BCUT2D eigenvalue weighted by Gasteiger charge is -2.24. The summed E-state index contributed by atoms with van der Waals surface area (Å²) >= 11 is 0. The average Bonchev–Trinajstić information content (AvgIpc) is 2.41. The van der Waals surface area contributed by atoms with E-state index in [0.717, 1.165) is 4.90 Å². The highest BCUT2D eigenvalue weighted by Gasteiger charge is 2.42. The van der Waals surface area contributed by atoms with E-state index in [2.05, 4.69) is 5.32 Å². The van der Waals surface area contributed by atoms with Crippen molar-refractivity contribution < 1.29 is 24.5 Å². The molecule has 1 rings (SSSR count). The maximum Gasteiger partial charge on any atom is 0.325 e. The molecule has 0 aliphatic carbocycles. The minimum Gasteiger partial charge on any atom is -0.357 e. The minimum absolute atomic E-state index is 0.645. The van der Waals surface area contributed by atoms with Crippen molar-refractivity contribution >= 4 is 6.03 Å². The molecule has 0 spiro atoms. The van der Waals surface area contributed by atoms with Gasteiger partial charge in [-0.05, 0) is 0 Å². The number of carbonyl (C=O) groups is 1. The number of nitrogens with zero attached hydrogens (tertiary/aromatic N) is 1. The number of aliphatic hydroxyl groups excluding tert-OH is 1. The number of rotatable bonds is 3. The van der Waals surface area contributed by atoms with Crippen LogP contribution in [0.1, 0.15) is 0 Å². The van der Waals surface area contributed by atoms with Crippen molar-refractivity contribution in [3.63, 3.8) is 0 Å². The van der Waals surface area contributed by atoms with Gasteiger partial charge in [-0.25, -0.2) is 9.69 Å². The van der Waals surface area contributed by atoms with Gasteiger partial charge < -0.3 is 25.0 Å². The van der Waals surface area contributed by atoms with Gasteiger partial charge in [-0.15, -0.1) is 0 Å². The lowest BCUT2D eigenvalue weighted by Crippen LogP contribution is -2.45. The third-order valence-electron chi connectivity index (χ3n) is 1.78. The van der Waals surface area contributed by atoms with Crippen LogP contribution in [-0.4, -0.2) is 54.2 Å². The summed E-state index contributed by atoms with van der Waals surface area (Å²) in [5, 5.41) is 20.0. The Morgan fingerprint density at radius 1 is 1.46 bits per heavy atom. The zero-order valence-electron chi connectivity index (χ0n) is 7.30. The molecule has 0 saturated carbocycles. The Balaban J connectivity index is 2.76. The Labute approximate surface area is 74.8 Å². The Morgan fingerprint density at radius 2 is 2.08 bits per heavy atom. The molecule has 76 valence electrons. The molecule has 0 radical (unpaired) electrons. The van der Waals surface area contributed by atoms with Gasteiger partial charge in [0, 0.05) is 14.2 Å². The van der Waals surface area contributed by atoms with Crippen molar-refractivity contribution in [3.8, 4) is 0 Å². The van der Waals surface area contributed by atoms with Crippen LogP contribution in [0.4, 0.5) is 4.79 Å². The van der Waals surface area contributed by atoms with Crippen LogP contribution in [0.3, 0.4) is 0 Å². The van der Waals surface area contributed by atoms with Gasteiger partial charge in [0.1, 0.15) is 0 Å². The first-order valence-corrected chi connectivity index (χ1v) is 3.62. The maximum absolute atomic E-state index is 11.1. The topological polar surface area (TPSA) is 91.3 Å². The molecule has 7 heteroatoms. The molecule has 2 amide bonds. The lowest BCUT2D eigenvalue weighted by molar-refractivity contribution is -0.195. The highest BCUT2D eigenvalue weighted by Crippen LogP contribution is 2.16. The first-order chi connectivity index (χ1) is 6.11. The summed E-state index contributed by atoms with van der Waals surface area (Å²) in [5.74, 6) is 0. The van der Waals surface area contributed by atoms with Gasteiger partial charge in [0.15, 0.2) is 12.5 Å². The van der Waals surface area contributed by atoms with E-state index in [0.29, 0.717) is 0 Å². The van der Waals surface area contributed by atoms with Crippen LogP contribution in [0.2, 0.25) is 0 Å². The number of methoxy groups -OCH3 is 2. The van der Waals surface area contributed by atoms with Crippen molar-refractivity contribution in [2.24, 2.45) is 0 Å². The van der Waals surface area contributed by atoms with E-state index in [1.807, 2.05) is 0 Å². The summed E-state index contributed by atoms with van der Waals surface area (Å²) in [4.78, 5) is 11.8. The molecule has 2 unspecified atom stereocenters. The largest absolute Gasteiger partial charge is 0.357 e. The van der Waals surface area contributed by atoms with Crippen LogP contribution in [-0.2, 0) is 9.47 Å². The number of carbonyl (C=O) groups excluding carboxylic acids is 1. The van der Waals surface area contributed by atoms with Gasteiger partial charge in [-0.2, -0.15) is 0 Å². The highest BCUT2D eigenvalue weighted by molar-refractivity contribution is 5.77. The van der Waals surface area contributed by atoms with Crippen LogP contribution in [0.15, 0.2) is 0 Å². The molecule has 1 saturated heterocycles. The number of amides is 2. The highest BCUT2D eigenvalue weighted by atomic mass is 16.6. The van der Waals surface area contributed by atoms with Gasteiger partial charge in [0.25, 0.3) is 0 Å². The predicted octanol–water partition coefficient (Wildman–Crippen LogP) is -1.78. The Morgan fingerprint density at radius 3 is 2.46 bits per heavy atom. The zero-order valence-corrected chi connectivity index (χ0v) is 7.30. The molecule has 0 bridgehead atoms. The molecule has 0 aromatic heterocycles. The molecular formula is C6H12N2O5. The normalized spacial score (nSPS) is 28.4. The molecule has 1 aliphatic heterocycles. The summed E-state index contributed by atoms with van der Waals surface area (Å²) in [7, 11) is 2.72. The first kappa shape index (κ1) is 10.2. The SMILES string of the molecule is COC1NC(=O)N(C(O)O)C1OC. The van der Waals surface area contributed by atoms with Crippen molar-refractivity contribution in [1.29, 1.82) is 0 Å². The Bertz CT molecular complexity index is 197. The fraction of sp³-hybridized carbons (Fsp3) is 0.833. The van der Waals surface area contributed by atoms with Crippen molar-refractivity contribution in [1.82, 2.24) is 10.2 Å². The molecule has 0 aromatic rings. The van der Waals surface area contributed by atoms with Gasteiger partial charge in [0.05, 0.1) is 0 Å². The number of aliphatic hydroxyl groups is 2. The molecular weight excluding hydrogens is 180 g/mol.